The number of hydrogen-bond donors (Lipinski definition) is 0. The highest BCUT2D eigenvalue weighted by Crippen LogP contribution is 2.28. The average molecular weight is 201 g/mol. The molecule has 0 saturated heterocycles. The van der Waals surface area contributed by atoms with Crippen LogP contribution in [0.15, 0.2) is 11.1 Å². The second-order valence-electron chi connectivity index (χ2n) is 3.96. The Morgan fingerprint density at radius 2 is 2.31 bits per heavy atom. The molecule has 13 heavy (non-hydrogen) atoms. The van der Waals surface area contributed by atoms with Gasteiger partial charge in [0.15, 0.2) is 0 Å². The smallest absolute Gasteiger partial charge is 0.139 e. The Morgan fingerprint density at radius 3 is 2.92 bits per heavy atom. The van der Waals surface area contributed by atoms with Gasteiger partial charge < -0.3 is 0 Å². The van der Waals surface area contributed by atoms with Gasteiger partial charge in [-0.3, -0.25) is 4.79 Å². The Labute approximate surface area is 85.2 Å². The highest BCUT2D eigenvalue weighted by molar-refractivity contribution is 6.29. The topological polar surface area (TPSA) is 17.1 Å². The van der Waals surface area contributed by atoms with E-state index in [1.807, 2.05) is 19.9 Å². The molecule has 1 saturated carbocycles. The van der Waals surface area contributed by atoms with Crippen LogP contribution in [-0.4, -0.2) is 5.78 Å². The lowest BCUT2D eigenvalue weighted by Gasteiger charge is -2.24. The van der Waals surface area contributed by atoms with E-state index < -0.39 is 0 Å². The highest BCUT2D eigenvalue weighted by Gasteiger charge is 2.26. The average Bonchev–Trinajstić information content (AvgIpc) is 2.07. The Kier molecular flexibility index (Phi) is 3.98. The summed E-state index contributed by atoms with van der Waals surface area (Å²) in [6.45, 7) is 3.89. The van der Waals surface area contributed by atoms with Crippen molar-refractivity contribution in [1.82, 2.24) is 0 Å². The fourth-order valence-electron chi connectivity index (χ4n) is 1.90. The molecule has 0 amide bonds. The van der Waals surface area contributed by atoms with E-state index in [0.29, 0.717) is 5.78 Å². The molecule has 0 spiro atoms. The van der Waals surface area contributed by atoms with Crippen molar-refractivity contribution in [2.75, 3.05) is 0 Å². The Balaban J connectivity index is 2.49. The van der Waals surface area contributed by atoms with E-state index in [1.54, 1.807) is 0 Å². The molecule has 0 aliphatic heterocycles. The first-order valence-electron chi connectivity index (χ1n) is 4.97. The van der Waals surface area contributed by atoms with Gasteiger partial charge in [0.05, 0.1) is 0 Å². The molecule has 1 nitrogen and oxygen atoms in total. The molecule has 0 N–H and O–H groups in total. The molecule has 2 heteroatoms. The Hall–Kier alpha value is -0.300. The van der Waals surface area contributed by atoms with E-state index in [1.165, 1.54) is 6.42 Å². The summed E-state index contributed by atoms with van der Waals surface area (Å²) in [7, 11) is 0. The number of hydrogen-bond acceptors (Lipinski definition) is 1. The molecule has 0 bridgehead atoms. The third kappa shape index (κ3) is 3.15. The number of rotatable bonds is 2. The largest absolute Gasteiger partial charge is 0.299 e. The minimum absolute atomic E-state index is 0.234. The third-order valence-electron chi connectivity index (χ3n) is 2.76. The summed E-state index contributed by atoms with van der Waals surface area (Å²) in [4.78, 5) is 11.7. The van der Waals surface area contributed by atoms with Gasteiger partial charge in [-0.2, -0.15) is 0 Å². The van der Waals surface area contributed by atoms with Crippen molar-refractivity contribution in [3.63, 3.8) is 0 Å². The molecule has 1 rings (SSSR count). The lowest BCUT2D eigenvalue weighted by Crippen LogP contribution is -2.26. The van der Waals surface area contributed by atoms with E-state index in [2.05, 4.69) is 0 Å². The van der Waals surface area contributed by atoms with E-state index in [9.17, 15) is 4.79 Å². The number of ketones is 1. The van der Waals surface area contributed by atoms with Gasteiger partial charge in [0.1, 0.15) is 5.78 Å². The number of allylic oxidation sites excluding steroid dienone is 2. The van der Waals surface area contributed by atoms with E-state index in [4.69, 9.17) is 11.6 Å². The summed E-state index contributed by atoms with van der Waals surface area (Å²) in [6, 6.07) is 0. The van der Waals surface area contributed by atoms with Crippen LogP contribution in [0.1, 0.15) is 39.5 Å². The molecule has 2 atom stereocenters. The Morgan fingerprint density at radius 1 is 1.62 bits per heavy atom. The van der Waals surface area contributed by atoms with Crippen LogP contribution in [0.2, 0.25) is 0 Å². The van der Waals surface area contributed by atoms with E-state index in [-0.39, 0.29) is 11.8 Å². The lowest BCUT2D eigenvalue weighted by molar-refractivity contribution is -0.128. The van der Waals surface area contributed by atoms with Gasteiger partial charge in [0.25, 0.3) is 0 Å². The predicted octanol–water partition coefficient (Wildman–Crippen LogP) is 3.52. The molecule has 0 radical (unpaired) electrons. The van der Waals surface area contributed by atoms with Crippen LogP contribution in [0, 0.1) is 11.8 Å². The van der Waals surface area contributed by atoms with Crippen LogP contribution >= 0.6 is 11.6 Å². The maximum atomic E-state index is 11.7. The van der Waals surface area contributed by atoms with Crippen LogP contribution in [0.3, 0.4) is 0 Å². The standard InChI is InChI=1S/C11H17ClO/c1-8-4-3-5-10(11(8)13)7-6-9(2)12/h6,8,10H,3-5,7H2,1-2H3/b9-6-. The zero-order chi connectivity index (χ0) is 9.84. The van der Waals surface area contributed by atoms with Crippen molar-refractivity contribution in [3.05, 3.63) is 11.1 Å². The summed E-state index contributed by atoms with van der Waals surface area (Å²) in [5, 5.41) is 0.797. The lowest BCUT2D eigenvalue weighted by atomic mass is 9.79. The minimum Gasteiger partial charge on any atom is -0.299 e. The van der Waals surface area contributed by atoms with Crippen molar-refractivity contribution >= 4 is 17.4 Å². The maximum absolute atomic E-state index is 11.7. The van der Waals surface area contributed by atoms with Crippen LogP contribution < -0.4 is 0 Å². The maximum Gasteiger partial charge on any atom is 0.139 e. The first-order chi connectivity index (χ1) is 6.11. The number of halogens is 1. The monoisotopic (exact) mass is 200 g/mol. The molecular weight excluding hydrogens is 184 g/mol. The van der Waals surface area contributed by atoms with Crippen LogP contribution in [0.25, 0.3) is 0 Å². The van der Waals surface area contributed by atoms with Gasteiger partial charge in [-0.05, 0) is 26.2 Å². The second kappa shape index (κ2) is 4.80. The van der Waals surface area contributed by atoms with Crippen molar-refractivity contribution in [1.29, 1.82) is 0 Å². The summed E-state index contributed by atoms with van der Waals surface area (Å²) < 4.78 is 0. The normalized spacial score (nSPS) is 30.7. The summed E-state index contributed by atoms with van der Waals surface area (Å²) >= 11 is 5.73. The molecule has 1 fully saturated rings. The van der Waals surface area contributed by atoms with Crippen LogP contribution in [0.4, 0.5) is 0 Å². The second-order valence-corrected chi connectivity index (χ2v) is 4.55. The third-order valence-corrected chi connectivity index (χ3v) is 2.92. The van der Waals surface area contributed by atoms with E-state index >= 15 is 0 Å². The molecule has 1 aliphatic carbocycles. The molecule has 2 unspecified atom stereocenters. The SMILES string of the molecule is C/C(Cl)=C/CC1CCCC(C)C1=O. The quantitative estimate of drug-likeness (QED) is 0.667. The molecule has 1 aliphatic rings. The van der Waals surface area contributed by atoms with Crippen molar-refractivity contribution in [2.45, 2.75) is 39.5 Å². The Bertz CT molecular complexity index is 216. The zero-order valence-electron chi connectivity index (χ0n) is 8.35. The van der Waals surface area contributed by atoms with Gasteiger partial charge in [-0.25, -0.2) is 0 Å². The van der Waals surface area contributed by atoms with Gasteiger partial charge in [-0.15, -0.1) is 0 Å². The van der Waals surface area contributed by atoms with Gasteiger partial charge in [-0.1, -0.05) is 31.0 Å². The first-order valence-corrected chi connectivity index (χ1v) is 5.35. The minimum atomic E-state index is 0.234. The highest BCUT2D eigenvalue weighted by atomic mass is 35.5. The van der Waals surface area contributed by atoms with E-state index in [0.717, 1.165) is 24.3 Å². The van der Waals surface area contributed by atoms with Gasteiger partial charge >= 0.3 is 0 Å². The van der Waals surface area contributed by atoms with Crippen LogP contribution in [0.5, 0.6) is 0 Å². The van der Waals surface area contributed by atoms with Crippen molar-refractivity contribution < 1.29 is 4.79 Å². The molecule has 0 aromatic carbocycles. The number of Topliss-reactive ketones (excluding diaryl/α,β-unsaturated/α-hetero) is 1. The molecular formula is C11H17ClO. The van der Waals surface area contributed by atoms with Crippen molar-refractivity contribution in [3.8, 4) is 0 Å². The summed E-state index contributed by atoms with van der Waals surface area (Å²) in [5.41, 5.74) is 0. The number of carbonyl (C=O) groups is 1. The molecule has 0 heterocycles. The zero-order valence-corrected chi connectivity index (χ0v) is 9.10. The van der Waals surface area contributed by atoms with Crippen LogP contribution in [-0.2, 0) is 4.79 Å². The number of carbonyl (C=O) groups excluding carboxylic acids is 1. The fourth-order valence-corrected chi connectivity index (χ4v) is 1.99. The first kappa shape index (κ1) is 10.8. The van der Waals surface area contributed by atoms with Gasteiger partial charge in [0.2, 0.25) is 0 Å². The summed E-state index contributed by atoms with van der Waals surface area (Å²) in [5.74, 6) is 0.931. The predicted molar refractivity (Wildman–Crippen MR) is 55.7 cm³/mol. The molecule has 0 aromatic rings. The summed E-state index contributed by atoms with van der Waals surface area (Å²) in [6.07, 6.45) is 6.09. The molecule has 74 valence electrons. The fraction of sp³-hybridized carbons (Fsp3) is 0.727. The van der Waals surface area contributed by atoms with Crippen molar-refractivity contribution in [2.24, 2.45) is 11.8 Å². The van der Waals surface area contributed by atoms with Gasteiger partial charge in [0, 0.05) is 16.9 Å². The molecule has 0 aromatic heterocycles.